The quantitative estimate of drug-likeness (QED) is 0.731. The van der Waals surface area contributed by atoms with E-state index >= 15 is 0 Å². The molecule has 1 saturated carbocycles. The molecule has 0 aromatic heterocycles. The van der Waals surface area contributed by atoms with Crippen LogP contribution in [0.5, 0.6) is 0 Å². The first-order valence-electron chi connectivity index (χ1n) is 6.86. The Bertz CT molecular complexity index is 557. The molecule has 1 aliphatic heterocycles. The van der Waals surface area contributed by atoms with Crippen LogP contribution < -0.4 is 16.4 Å². The molecule has 1 fully saturated rings. The van der Waals surface area contributed by atoms with Gasteiger partial charge < -0.3 is 11.5 Å². The van der Waals surface area contributed by atoms with Crippen molar-refractivity contribution in [2.75, 3.05) is 4.90 Å². The Balaban J connectivity index is 2.05. The number of aliphatic imine (C=N–C) groups is 2. The molecule has 0 bridgehead atoms. The molecule has 6 heteroatoms. The van der Waals surface area contributed by atoms with Gasteiger partial charge >= 0.3 is 0 Å². The number of guanidine groups is 2. The second kappa shape index (κ2) is 5.23. The van der Waals surface area contributed by atoms with E-state index in [-0.39, 0.29) is 5.66 Å². The molecule has 0 amide bonds. The van der Waals surface area contributed by atoms with E-state index in [1.54, 1.807) is 0 Å². The fourth-order valence-electron chi connectivity index (χ4n) is 3.08. The molecule has 0 atom stereocenters. The molecule has 0 unspecified atom stereocenters. The van der Waals surface area contributed by atoms with Crippen molar-refractivity contribution in [2.45, 2.75) is 37.8 Å². The standard InChI is InChI=1S/C14H18IN5/c15-10-4-6-11(7-5-10)20-13(17)18-12(16)19-14(20)8-2-1-3-9-14/h4-7H,1-3,8-9H2,(H4,16,17,18,19). The minimum absolute atomic E-state index is 0.297. The second-order valence-electron chi connectivity index (χ2n) is 5.29. The van der Waals surface area contributed by atoms with E-state index in [0.717, 1.165) is 31.4 Å². The zero-order chi connectivity index (χ0) is 14.2. The largest absolute Gasteiger partial charge is 0.369 e. The Morgan fingerprint density at radius 2 is 1.70 bits per heavy atom. The number of hydrogen-bond donors (Lipinski definition) is 2. The van der Waals surface area contributed by atoms with Crippen LogP contribution in [0.2, 0.25) is 0 Å². The minimum atomic E-state index is -0.346. The zero-order valence-corrected chi connectivity index (χ0v) is 13.4. The van der Waals surface area contributed by atoms with Crippen molar-refractivity contribution in [3.8, 4) is 0 Å². The molecule has 4 N–H and O–H groups in total. The second-order valence-corrected chi connectivity index (χ2v) is 6.54. The molecule has 106 valence electrons. The fraction of sp³-hybridized carbons (Fsp3) is 0.429. The molecule has 1 aromatic carbocycles. The average molecular weight is 383 g/mol. The van der Waals surface area contributed by atoms with Crippen molar-refractivity contribution in [3.05, 3.63) is 27.8 Å². The Morgan fingerprint density at radius 1 is 1.05 bits per heavy atom. The van der Waals surface area contributed by atoms with Gasteiger partial charge in [-0.05, 0) is 72.5 Å². The van der Waals surface area contributed by atoms with Gasteiger partial charge in [0.1, 0.15) is 5.66 Å². The topological polar surface area (TPSA) is 80.0 Å². The summed E-state index contributed by atoms with van der Waals surface area (Å²) in [6, 6.07) is 8.28. The van der Waals surface area contributed by atoms with Gasteiger partial charge in [-0.25, -0.2) is 4.99 Å². The molecule has 1 aliphatic carbocycles. The summed E-state index contributed by atoms with van der Waals surface area (Å²) in [5.41, 5.74) is 12.7. The molecule has 0 radical (unpaired) electrons. The molecule has 1 heterocycles. The van der Waals surface area contributed by atoms with E-state index in [2.05, 4.69) is 61.7 Å². The van der Waals surface area contributed by atoms with Crippen molar-refractivity contribution < 1.29 is 0 Å². The van der Waals surface area contributed by atoms with Crippen molar-refractivity contribution in [1.82, 2.24) is 0 Å². The van der Waals surface area contributed by atoms with Gasteiger partial charge in [-0.15, -0.1) is 0 Å². The van der Waals surface area contributed by atoms with Gasteiger partial charge in [0.15, 0.2) is 0 Å². The van der Waals surface area contributed by atoms with Crippen LogP contribution in [0.25, 0.3) is 0 Å². The zero-order valence-electron chi connectivity index (χ0n) is 11.2. The summed E-state index contributed by atoms with van der Waals surface area (Å²) in [6.07, 6.45) is 5.47. The number of rotatable bonds is 1. The Hall–Kier alpha value is -1.31. The summed E-state index contributed by atoms with van der Waals surface area (Å²) in [7, 11) is 0. The highest BCUT2D eigenvalue weighted by molar-refractivity contribution is 14.1. The summed E-state index contributed by atoms with van der Waals surface area (Å²) < 4.78 is 1.19. The van der Waals surface area contributed by atoms with Crippen molar-refractivity contribution >= 4 is 40.2 Å². The van der Waals surface area contributed by atoms with E-state index in [4.69, 9.17) is 11.5 Å². The van der Waals surface area contributed by atoms with Crippen LogP contribution >= 0.6 is 22.6 Å². The molecule has 2 aliphatic rings. The first-order chi connectivity index (χ1) is 9.61. The smallest absolute Gasteiger partial charge is 0.220 e. The van der Waals surface area contributed by atoms with Gasteiger partial charge in [0.2, 0.25) is 11.9 Å². The normalized spacial score (nSPS) is 21.6. The summed E-state index contributed by atoms with van der Waals surface area (Å²) >= 11 is 2.29. The van der Waals surface area contributed by atoms with E-state index in [1.807, 2.05) is 0 Å². The van der Waals surface area contributed by atoms with Crippen LogP contribution in [-0.4, -0.2) is 17.6 Å². The monoisotopic (exact) mass is 383 g/mol. The molecule has 0 saturated heterocycles. The van der Waals surface area contributed by atoms with Crippen LogP contribution in [-0.2, 0) is 0 Å². The number of hydrogen-bond acceptors (Lipinski definition) is 5. The van der Waals surface area contributed by atoms with Crippen LogP contribution in [0.15, 0.2) is 34.3 Å². The summed E-state index contributed by atoms with van der Waals surface area (Å²) in [5.74, 6) is 0.742. The van der Waals surface area contributed by atoms with Gasteiger partial charge in [0.05, 0.1) is 0 Å². The van der Waals surface area contributed by atoms with Crippen LogP contribution in [0, 0.1) is 3.57 Å². The maximum atomic E-state index is 6.16. The maximum absolute atomic E-state index is 6.16. The predicted octanol–water partition coefficient (Wildman–Crippen LogP) is 2.40. The summed E-state index contributed by atoms with van der Waals surface area (Å²) in [5, 5.41) is 0. The average Bonchev–Trinajstić information content (AvgIpc) is 2.41. The van der Waals surface area contributed by atoms with Crippen LogP contribution in [0.4, 0.5) is 5.69 Å². The third-order valence-corrected chi connectivity index (χ3v) is 4.66. The SMILES string of the molecule is NC1=NC2(CCCCC2)N(c2ccc(I)cc2)C(N)=N1. The van der Waals surface area contributed by atoms with E-state index in [9.17, 15) is 0 Å². The molecule has 1 aromatic rings. The number of anilines is 1. The van der Waals surface area contributed by atoms with Crippen molar-refractivity contribution in [3.63, 3.8) is 0 Å². The van der Waals surface area contributed by atoms with E-state index < -0.39 is 0 Å². The van der Waals surface area contributed by atoms with Gasteiger partial charge in [0, 0.05) is 9.26 Å². The van der Waals surface area contributed by atoms with E-state index in [0.29, 0.717) is 11.9 Å². The molecular formula is C14H18IN5. The van der Waals surface area contributed by atoms with E-state index in [1.165, 1.54) is 9.99 Å². The minimum Gasteiger partial charge on any atom is -0.369 e. The van der Waals surface area contributed by atoms with Gasteiger partial charge in [-0.1, -0.05) is 6.42 Å². The summed E-state index contributed by atoms with van der Waals surface area (Å²) in [6.45, 7) is 0. The third-order valence-electron chi connectivity index (χ3n) is 3.94. The first kappa shape index (κ1) is 13.7. The fourth-order valence-corrected chi connectivity index (χ4v) is 3.44. The lowest BCUT2D eigenvalue weighted by Crippen LogP contribution is -2.58. The molecule has 20 heavy (non-hydrogen) atoms. The summed E-state index contributed by atoms with van der Waals surface area (Å²) in [4.78, 5) is 10.9. The van der Waals surface area contributed by atoms with Crippen molar-refractivity contribution in [2.24, 2.45) is 21.5 Å². The van der Waals surface area contributed by atoms with Crippen molar-refractivity contribution in [1.29, 1.82) is 0 Å². The lowest BCUT2D eigenvalue weighted by Gasteiger charge is -2.45. The lowest BCUT2D eigenvalue weighted by molar-refractivity contribution is 0.305. The maximum Gasteiger partial charge on any atom is 0.220 e. The molecule has 1 spiro atoms. The number of nitrogens with zero attached hydrogens (tertiary/aromatic N) is 3. The Morgan fingerprint density at radius 3 is 2.35 bits per heavy atom. The highest BCUT2D eigenvalue weighted by atomic mass is 127. The first-order valence-corrected chi connectivity index (χ1v) is 7.94. The van der Waals surface area contributed by atoms with Gasteiger partial charge in [0.25, 0.3) is 0 Å². The van der Waals surface area contributed by atoms with Crippen LogP contribution in [0.3, 0.4) is 0 Å². The van der Waals surface area contributed by atoms with Gasteiger partial charge in [-0.3, -0.25) is 4.90 Å². The number of halogens is 1. The number of benzene rings is 1. The number of nitrogens with two attached hydrogens (primary N) is 2. The van der Waals surface area contributed by atoms with Gasteiger partial charge in [-0.2, -0.15) is 4.99 Å². The third kappa shape index (κ3) is 2.36. The molecule has 5 nitrogen and oxygen atoms in total. The Kier molecular flexibility index (Phi) is 3.57. The molecular weight excluding hydrogens is 365 g/mol. The Labute approximate surface area is 132 Å². The highest BCUT2D eigenvalue weighted by Gasteiger charge is 2.42. The van der Waals surface area contributed by atoms with Crippen LogP contribution in [0.1, 0.15) is 32.1 Å². The highest BCUT2D eigenvalue weighted by Crippen LogP contribution is 2.39. The lowest BCUT2D eigenvalue weighted by atomic mass is 9.87. The predicted molar refractivity (Wildman–Crippen MR) is 90.7 cm³/mol. The molecule has 3 rings (SSSR count).